The third kappa shape index (κ3) is 4.61. The number of carbonyl (C=O) groups excluding carboxylic acids is 1. The first kappa shape index (κ1) is 17.7. The van der Waals surface area contributed by atoms with E-state index >= 15 is 0 Å². The van der Waals surface area contributed by atoms with Crippen LogP contribution in [0, 0.1) is 0 Å². The van der Waals surface area contributed by atoms with Crippen LogP contribution in [0.4, 0.5) is 0 Å². The quantitative estimate of drug-likeness (QED) is 0.861. The van der Waals surface area contributed by atoms with Crippen LogP contribution in [0.3, 0.4) is 0 Å². The summed E-state index contributed by atoms with van der Waals surface area (Å²) in [7, 11) is 0. The second kappa shape index (κ2) is 8.85. The molecule has 4 nitrogen and oxygen atoms in total. The summed E-state index contributed by atoms with van der Waals surface area (Å²) in [4.78, 5) is 17.0. The van der Waals surface area contributed by atoms with Crippen molar-refractivity contribution in [1.29, 1.82) is 0 Å². The Labute approximate surface area is 129 Å². The van der Waals surface area contributed by atoms with Gasteiger partial charge in [-0.3, -0.25) is 9.69 Å². The van der Waals surface area contributed by atoms with E-state index in [4.69, 9.17) is 0 Å². The van der Waals surface area contributed by atoms with Crippen LogP contribution in [-0.4, -0.2) is 60.5 Å². The molecule has 0 unspecified atom stereocenters. The average molecular weight is 304 g/mol. The molecule has 118 valence electrons. The maximum atomic E-state index is 12.6. The molecule has 2 aliphatic rings. The third-order valence-electron chi connectivity index (χ3n) is 4.65. The number of nitrogens with one attached hydrogen (secondary N) is 1. The number of carbonyl (C=O) groups is 1. The van der Waals surface area contributed by atoms with Crippen LogP contribution in [0.25, 0.3) is 0 Å². The summed E-state index contributed by atoms with van der Waals surface area (Å²) < 4.78 is 0. The van der Waals surface area contributed by atoms with Crippen molar-refractivity contribution >= 4 is 18.3 Å². The topological polar surface area (TPSA) is 35.6 Å². The van der Waals surface area contributed by atoms with Gasteiger partial charge in [-0.25, -0.2) is 0 Å². The van der Waals surface area contributed by atoms with Gasteiger partial charge in [0.15, 0.2) is 0 Å². The van der Waals surface area contributed by atoms with Crippen LogP contribution in [0.5, 0.6) is 0 Å². The fourth-order valence-electron chi connectivity index (χ4n) is 3.41. The van der Waals surface area contributed by atoms with Crippen molar-refractivity contribution in [2.75, 3.05) is 32.7 Å². The number of likely N-dealkylation sites (N-methyl/N-ethyl adjacent to an activating group) is 1. The number of hydrogen-bond donors (Lipinski definition) is 1. The summed E-state index contributed by atoms with van der Waals surface area (Å²) in [6, 6.07) is 0.979. The smallest absolute Gasteiger partial charge is 0.236 e. The molecule has 1 atom stereocenters. The maximum Gasteiger partial charge on any atom is 0.236 e. The Morgan fingerprint density at radius 3 is 2.60 bits per heavy atom. The molecule has 1 N–H and O–H groups in total. The van der Waals surface area contributed by atoms with E-state index in [2.05, 4.69) is 29.0 Å². The molecular weight excluding hydrogens is 274 g/mol. The highest BCUT2D eigenvalue weighted by Gasteiger charge is 2.27. The molecule has 1 saturated heterocycles. The van der Waals surface area contributed by atoms with E-state index in [0.29, 0.717) is 24.5 Å². The summed E-state index contributed by atoms with van der Waals surface area (Å²) in [5.74, 6) is 0.336. The van der Waals surface area contributed by atoms with E-state index in [1.165, 1.54) is 32.1 Å². The molecule has 1 amide bonds. The summed E-state index contributed by atoms with van der Waals surface area (Å²) in [6.07, 6.45) is 6.33. The van der Waals surface area contributed by atoms with Crippen molar-refractivity contribution in [2.45, 2.75) is 58.0 Å². The van der Waals surface area contributed by atoms with Crippen LogP contribution in [0.15, 0.2) is 0 Å². The lowest BCUT2D eigenvalue weighted by molar-refractivity contribution is -0.135. The van der Waals surface area contributed by atoms with Crippen molar-refractivity contribution < 1.29 is 4.79 Å². The van der Waals surface area contributed by atoms with Crippen LogP contribution >= 0.6 is 12.4 Å². The fourth-order valence-corrected chi connectivity index (χ4v) is 3.41. The Hall–Kier alpha value is -0.320. The predicted molar refractivity (Wildman–Crippen MR) is 85.4 cm³/mol. The van der Waals surface area contributed by atoms with Gasteiger partial charge in [0, 0.05) is 38.3 Å². The predicted octanol–water partition coefficient (Wildman–Crippen LogP) is 1.88. The molecule has 5 heteroatoms. The lowest BCUT2D eigenvalue weighted by Crippen LogP contribution is -2.54. The van der Waals surface area contributed by atoms with E-state index in [1.54, 1.807) is 0 Å². The van der Waals surface area contributed by atoms with Crippen molar-refractivity contribution in [3.8, 4) is 0 Å². The molecule has 1 aliphatic carbocycles. The Bertz CT molecular complexity index is 295. The molecule has 0 aromatic heterocycles. The summed E-state index contributed by atoms with van der Waals surface area (Å²) >= 11 is 0. The van der Waals surface area contributed by atoms with Gasteiger partial charge in [0.2, 0.25) is 5.91 Å². The lowest BCUT2D eigenvalue weighted by atomic mass is 9.94. The van der Waals surface area contributed by atoms with Gasteiger partial charge in [-0.1, -0.05) is 19.3 Å². The number of halogens is 1. The molecular formula is C15H30ClN3O. The van der Waals surface area contributed by atoms with Crippen LogP contribution in [0.2, 0.25) is 0 Å². The van der Waals surface area contributed by atoms with Gasteiger partial charge in [-0.15, -0.1) is 12.4 Å². The molecule has 0 aromatic rings. The van der Waals surface area contributed by atoms with E-state index < -0.39 is 0 Å². The second-order valence-electron chi connectivity index (χ2n) is 6.00. The standard InChI is InChI=1S/C15H29N3O.ClH/c1-3-18(14-7-5-4-6-8-14)15(19)12-17-10-9-16-11-13(17)2;/h13-14,16H,3-12H2,1-2H3;1H/t13-;/m0./s1. The highest BCUT2D eigenvalue weighted by molar-refractivity contribution is 5.85. The van der Waals surface area contributed by atoms with Crippen LogP contribution in [-0.2, 0) is 4.79 Å². The van der Waals surface area contributed by atoms with Crippen LogP contribution < -0.4 is 5.32 Å². The number of nitrogens with zero attached hydrogens (tertiary/aromatic N) is 2. The third-order valence-corrected chi connectivity index (χ3v) is 4.65. The maximum absolute atomic E-state index is 12.6. The second-order valence-corrected chi connectivity index (χ2v) is 6.00. The minimum Gasteiger partial charge on any atom is -0.339 e. The normalized spacial score (nSPS) is 25.0. The highest BCUT2D eigenvalue weighted by Crippen LogP contribution is 2.22. The van der Waals surface area contributed by atoms with Gasteiger partial charge in [-0.05, 0) is 26.7 Å². The van der Waals surface area contributed by atoms with E-state index in [-0.39, 0.29) is 12.4 Å². The molecule has 1 heterocycles. The summed E-state index contributed by atoms with van der Waals surface area (Å²) in [5.41, 5.74) is 0. The zero-order chi connectivity index (χ0) is 13.7. The minimum atomic E-state index is 0. The van der Waals surface area contributed by atoms with Crippen LogP contribution in [0.1, 0.15) is 46.0 Å². The molecule has 2 rings (SSSR count). The molecule has 0 aromatic carbocycles. The van der Waals surface area contributed by atoms with Gasteiger partial charge >= 0.3 is 0 Å². The monoisotopic (exact) mass is 303 g/mol. The Balaban J connectivity index is 0.00000200. The van der Waals surface area contributed by atoms with Gasteiger partial charge < -0.3 is 10.2 Å². The zero-order valence-corrected chi connectivity index (χ0v) is 13.8. The first-order valence-electron chi connectivity index (χ1n) is 7.96. The SMILES string of the molecule is CCN(C(=O)CN1CCNC[C@@H]1C)C1CCCCC1.Cl. The van der Waals surface area contributed by atoms with Gasteiger partial charge in [0.05, 0.1) is 6.54 Å². The summed E-state index contributed by atoms with van der Waals surface area (Å²) in [5, 5.41) is 3.38. The Kier molecular flexibility index (Phi) is 7.85. The van der Waals surface area contributed by atoms with Crippen molar-refractivity contribution in [3.63, 3.8) is 0 Å². The van der Waals surface area contributed by atoms with Gasteiger partial charge in [0.25, 0.3) is 0 Å². The number of hydrogen-bond acceptors (Lipinski definition) is 3. The van der Waals surface area contributed by atoms with Crippen molar-refractivity contribution in [1.82, 2.24) is 15.1 Å². The molecule has 1 aliphatic heterocycles. The lowest BCUT2D eigenvalue weighted by Gasteiger charge is -2.38. The molecule has 0 radical (unpaired) electrons. The van der Waals surface area contributed by atoms with E-state index in [1.807, 2.05) is 0 Å². The summed E-state index contributed by atoms with van der Waals surface area (Å²) in [6.45, 7) is 8.80. The molecule has 1 saturated carbocycles. The first-order valence-corrected chi connectivity index (χ1v) is 7.96. The average Bonchev–Trinajstić information content (AvgIpc) is 2.43. The van der Waals surface area contributed by atoms with E-state index in [9.17, 15) is 4.79 Å². The Morgan fingerprint density at radius 2 is 2.00 bits per heavy atom. The fraction of sp³-hybridized carbons (Fsp3) is 0.933. The van der Waals surface area contributed by atoms with Gasteiger partial charge in [-0.2, -0.15) is 0 Å². The molecule has 0 bridgehead atoms. The number of piperazine rings is 1. The van der Waals surface area contributed by atoms with Crippen molar-refractivity contribution in [3.05, 3.63) is 0 Å². The zero-order valence-electron chi connectivity index (χ0n) is 12.9. The Morgan fingerprint density at radius 1 is 1.30 bits per heavy atom. The first-order chi connectivity index (χ1) is 9.22. The molecule has 20 heavy (non-hydrogen) atoms. The van der Waals surface area contributed by atoms with Gasteiger partial charge in [0.1, 0.15) is 0 Å². The highest BCUT2D eigenvalue weighted by atomic mass is 35.5. The molecule has 2 fully saturated rings. The number of rotatable bonds is 4. The largest absolute Gasteiger partial charge is 0.339 e. The molecule has 0 spiro atoms. The minimum absolute atomic E-state index is 0. The number of amides is 1. The van der Waals surface area contributed by atoms with Crippen molar-refractivity contribution in [2.24, 2.45) is 0 Å². The van der Waals surface area contributed by atoms with E-state index in [0.717, 1.165) is 26.2 Å².